The zero-order valence-corrected chi connectivity index (χ0v) is 10.7. The number of nitrogens with one attached hydrogen (secondary N) is 2. The molecule has 0 bridgehead atoms. The van der Waals surface area contributed by atoms with E-state index < -0.39 is 0 Å². The second-order valence-electron chi connectivity index (χ2n) is 4.85. The molecule has 0 saturated carbocycles. The molecule has 4 nitrogen and oxygen atoms in total. The van der Waals surface area contributed by atoms with Crippen LogP contribution in [-0.4, -0.2) is 30.5 Å². The number of hydrogen-bond donors (Lipinski definition) is 2. The number of nitrogens with zero attached hydrogens (tertiary/aromatic N) is 1. The van der Waals surface area contributed by atoms with E-state index in [0.717, 1.165) is 26.1 Å². The molecule has 1 aromatic heterocycles. The van der Waals surface area contributed by atoms with Crippen molar-refractivity contribution in [2.24, 2.45) is 5.92 Å². The standard InChI is InChI=1S/C14H21N3O/c18-14(2-1-12-3-7-15-8-4-12)17-11-13-5-9-16-10-6-13/h3-4,7-8,13,16H,1-2,5-6,9-11H2,(H,17,18). The molecule has 0 aliphatic carbocycles. The molecule has 1 aliphatic rings. The zero-order valence-electron chi connectivity index (χ0n) is 10.7. The lowest BCUT2D eigenvalue weighted by atomic mass is 9.98. The normalized spacial score (nSPS) is 16.4. The summed E-state index contributed by atoms with van der Waals surface area (Å²) < 4.78 is 0. The summed E-state index contributed by atoms with van der Waals surface area (Å²) in [5.41, 5.74) is 1.17. The highest BCUT2D eigenvalue weighted by Gasteiger charge is 2.13. The predicted molar refractivity (Wildman–Crippen MR) is 71.2 cm³/mol. The number of aryl methyl sites for hydroxylation is 1. The first kappa shape index (κ1) is 13.0. The minimum atomic E-state index is 0.158. The van der Waals surface area contributed by atoms with Crippen LogP contribution in [-0.2, 0) is 11.2 Å². The molecular weight excluding hydrogens is 226 g/mol. The smallest absolute Gasteiger partial charge is 0.220 e. The van der Waals surface area contributed by atoms with E-state index in [1.54, 1.807) is 12.4 Å². The van der Waals surface area contributed by atoms with Crippen molar-refractivity contribution in [3.8, 4) is 0 Å². The Morgan fingerprint density at radius 3 is 2.78 bits per heavy atom. The Morgan fingerprint density at radius 2 is 2.06 bits per heavy atom. The van der Waals surface area contributed by atoms with Gasteiger partial charge in [0.25, 0.3) is 0 Å². The second kappa shape index (κ2) is 7.11. The SMILES string of the molecule is O=C(CCc1ccncc1)NCC1CCNCC1. The number of carbonyl (C=O) groups is 1. The lowest BCUT2D eigenvalue weighted by Crippen LogP contribution is -2.36. The van der Waals surface area contributed by atoms with Crippen molar-refractivity contribution in [2.75, 3.05) is 19.6 Å². The average Bonchev–Trinajstić information content (AvgIpc) is 2.45. The molecule has 1 amide bonds. The first-order valence-corrected chi connectivity index (χ1v) is 6.71. The van der Waals surface area contributed by atoms with Gasteiger partial charge in [0.05, 0.1) is 0 Å². The Labute approximate surface area is 108 Å². The molecule has 1 aromatic rings. The predicted octanol–water partition coefficient (Wildman–Crippen LogP) is 1.13. The topological polar surface area (TPSA) is 54.0 Å². The van der Waals surface area contributed by atoms with E-state index in [1.165, 1.54) is 18.4 Å². The van der Waals surface area contributed by atoms with E-state index in [-0.39, 0.29) is 5.91 Å². The summed E-state index contributed by atoms with van der Waals surface area (Å²) in [4.78, 5) is 15.7. The van der Waals surface area contributed by atoms with Crippen molar-refractivity contribution in [3.05, 3.63) is 30.1 Å². The molecule has 18 heavy (non-hydrogen) atoms. The second-order valence-corrected chi connectivity index (χ2v) is 4.85. The van der Waals surface area contributed by atoms with Crippen molar-refractivity contribution in [2.45, 2.75) is 25.7 Å². The third-order valence-corrected chi connectivity index (χ3v) is 3.44. The fraction of sp³-hybridized carbons (Fsp3) is 0.571. The molecule has 2 rings (SSSR count). The molecule has 0 unspecified atom stereocenters. The Morgan fingerprint density at radius 1 is 1.33 bits per heavy atom. The van der Waals surface area contributed by atoms with Crippen LogP contribution >= 0.6 is 0 Å². The van der Waals surface area contributed by atoms with Crippen molar-refractivity contribution >= 4 is 5.91 Å². The highest BCUT2D eigenvalue weighted by atomic mass is 16.1. The van der Waals surface area contributed by atoms with Gasteiger partial charge in [-0.1, -0.05) is 0 Å². The van der Waals surface area contributed by atoms with Gasteiger partial charge in [0.2, 0.25) is 5.91 Å². The first-order chi connectivity index (χ1) is 8.84. The summed E-state index contributed by atoms with van der Waals surface area (Å²) in [6, 6.07) is 3.92. The van der Waals surface area contributed by atoms with Crippen molar-refractivity contribution in [1.29, 1.82) is 0 Å². The minimum absolute atomic E-state index is 0.158. The fourth-order valence-corrected chi connectivity index (χ4v) is 2.24. The van der Waals surface area contributed by atoms with Gasteiger partial charge in [0, 0.05) is 25.4 Å². The fourth-order valence-electron chi connectivity index (χ4n) is 2.24. The van der Waals surface area contributed by atoms with Gasteiger partial charge < -0.3 is 10.6 Å². The van der Waals surface area contributed by atoms with E-state index in [1.807, 2.05) is 12.1 Å². The highest BCUT2D eigenvalue weighted by molar-refractivity contribution is 5.76. The Balaban J connectivity index is 1.63. The van der Waals surface area contributed by atoms with Crippen LogP contribution in [0.2, 0.25) is 0 Å². The third-order valence-electron chi connectivity index (χ3n) is 3.44. The Bertz CT molecular complexity index is 361. The molecule has 4 heteroatoms. The maximum atomic E-state index is 11.7. The lowest BCUT2D eigenvalue weighted by molar-refractivity contribution is -0.121. The zero-order chi connectivity index (χ0) is 12.6. The van der Waals surface area contributed by atoms with E-state index in [0.29, 0.717) is 12.3 Å². The van der Waals surface area contributed by atoms with Crippen LogP contribution in [0, 0.1) is 5.92 Å². The van der Waals surface area contributed by atoms with Gasteiger partial charge >= 0.3 is 0 Å². The average molecular weight is 247 g/mol. The molecule has 1 saturated heterocycles. The van der Waals surface area contributed by atoms with Gasteiger partial charge in [-0.2, -0.15) is 0 Å². The van der Waals surface area contributed by atoms with Gasteiger partial charge in [-0.05, 0) is 56.0 Å². The quantitative estimate of drug-likeness (QED) is 0.820. The largest absolute Gasteiger partial charge is 0.356 e. The van der Waals surface area contributed by atoms with E-state index in [9.17, 15) is 4.79 Å². The number of piperidine rings is 1. The third kappa shape index (κ3) is 4.45. The van der Waals surface area contributed by atoms with Gasteiger partial charge in [-0.25, -0.2) is 0 Å². The van der Waals surface area contributed by atoms with E-state index in [2.05, 4.69) is 15.6 Å². The van der Waals surface area contributed by atoms with Crippen molar-refractivity contribution in [3.63, 3.8) is 0 Å². The molecule has 98 valence electrons. The van der Waals surface area contributed by atoms with Crippen LogP contribution in [0.1, 0.15) is 24.8 Å². The molecule has 2 heterocycles. The van der Waals surface area contributed by atoms with Crippen LogP contribution in [0.5, 0.6) is 0 Å². The van der Waals surface area contributed by atoms with Gasteiger partial charge in [-0.15, -0.1) is 0 Å². The molecule has 0 atom stereocenters. The van der Waals surface area contributed by atoms with Crippen LogP contribution in [0.4, 0.5) is 0 Å². The summed E-state index contributed by atoms with van der Waals surface area (Å²) in [7, 11) is 0. The minimum Gasteiger partial charge on any atom is -0.356 e. The summed E-state index contributed by atoms with van der Waals surface area (Å²) in [6.07, 6.45) is 7.23. The van der Waals surface area contributed by atoms with Gasteiger partial charge in [0.1, 0.15) is 0 Å². The highest BCUT2D eigenvalue weighted by Crippen LogP contribution is 2.10. The van der Waals surface area contributed by atoms with Gasteiger partial charge in [-0.3, -0.25) is 9.78 Å². The molecular formula is C14H21N3O. The van der Waals surface area contributed by atoms with Crippen LogP contribution in [0.25, 0.3) is 0 Å². The summed E-state index contributed by atoms with van der Waals surface area (Å²) in [5, 5.41) is 6.37. The Hall–Kier alpha value is -1.42. The van der Waals surface area contributed by atoms with Crippen LogP contribution in [0.3, 0.4) is 0 Å². The maximum Gasteiger partial charge on any atom is 0.220 e. The number of hydrogen-bond acceptors (Lipinski definition) is 3. The maximum absolute atomic E-state index is 11.7. The van der Waals surface area contributed by atoms with Crippen LogP contribution < -0.4 is 10.6 Å². The van der Waals surface area contributed by atoms with Crippen molar-refractivity contribution in [1.82, 2.24) is 15.6 Å². The van der Waals surface area contributed by atoms with Crippen LogP contribution in [0.15, 0.2) is 24.5 Å². The number of pyridine rings is 1. The number of aromatic nitrogens is 1. The summed E-state index contributed by atoms with van der Waals surface area (Å²) in [5.74, 6) is 0.807. The molecule has 0 aromatic carbocycles. The van der Waals surface area contributed by atoms with Crippen molar-refractivity contribution < 1.29 is 4.79 Å². The molecule has 0 spiro atoms. The number of rotatable bonds is 5. The molecule has 1 fully saturated rings. The first-order valence-electron chi connectivity index (χ1n) is 6.71. The number of carbonyl (C=O) groups excluding carboxylic acids is 1. The molecule has 0 radical (unpaired) electrons. The molecule has 2 N–H and O–H groups in total. The summed E-state index contributed by atoms with van der Waals surface area (Å²) in [6.45, 7) is 2.99. The monoisotopic (exact) mass is 247 g/mol. The van der Waals surface area contributed by atoms with E-state index in [4.69, 9.17) is 0 Å². The number of amides is 1. The lowest BCUT2D eigenvalue weighted by Gasteiger charge is -2.22. The Kier molecular flexibility index (Phi) is 5.15. The summed E-state index contributed by atoms with van der Waals surface area (Å²) >= 11 is 0. The van der Waals surface area contributed by atoms with Gasteiger partial charge in [0.15, 0.2) is 0 Å². The van der Waals surface area contributed by atoms with E-state index >= 15 is 0 Å². The molecule has 1 aliphatic heterocycles.